The van der Waals surface area contributed by atoms with Crippen molar-refractivity contribution in [3.05, 3.63) is 45.3 Å². The first-order valence-corrected chi connectivity index (χ1v) is 9.45. The zero-order valence-electron chi connectivity index (χ0n) is 14.0. The summed E-state index contributed by atoms with van der Waals surface area (Å²) >= 11 is 2.59. The zero-order valence-corrected chi connectivity index (χ0v) is 15.6. The van der Waals surface area contributed by atoms with Gasteiger partial charge in [0, 0.05) is 24.3 Å². The maximum absolute atomic E-state index is 11.6. The highest BCUT2D eigenvalue weighted by atomic mass is 32.1. The number of ketones is 1. The molecule has 2 aromatic heterocycles. The number of nitrogens with zero attached hydrogens (tertiary/aromatic N) is 3. The number of fused-ring (bicyclic) bond motifs is 1. The smallest absolute Gasteiger partial charge is 0.231 e. The molecular weight excluding hydrogens is 368 g/mol. The second-order valence-electron chi connectivity index (χ2n) is 5.70. The lowest BCUT2D eigenvalue weighted by Gasteiger charge is -1.97. The average Bonchev–Trinajstić information content (AvgIpc) is 3.27. The normalized spacial score (nSPS) is 14.0. The molecule has 0 spiro atoms. The SMILES string of the molecule is CC(=O)c1sc(Nc2nc(O)c(/C=C3\C=Nc4ccccc43)s2)nc1C. The number of aromatic hydroxyl groups is 1. The number of allylic oxidation sites excluding steroid dienone is 1. The fourth-order valence-electron chi connectivity index (χ4n) is 2.63. The summed E-state index contributed by atoms with van der Waals surface area (Å²) in [5, 5.41) is 14.3. The molecule has 3 heterocycles. The molecule has 3 aromatic rings. The van der Waals surface area contributed by atoms with Crippen LogP contribution in [0.4, 0.5) is 16.0 Å². The van der Waals surface area contributed by atoms with E-state index in [4.69, 9.17) is 0 Å². The van der Waals surface area contributed by atoms with Gasteiger partial charge < -0.3 is 10.4 Å². The van der Waals surface area contributed by atoms with Crippen LogP contribution in [0, 0.1) is 6.92 Å². The fraction of sp³-hybridized carbons (Fsp3) is 0.111. The van der Waals surface area contributed by atoms with E-state index in [1.807, 2.05) is 30.3 Å². The number of nitrogens with one attached hydrogen (secondary N) is 1. The Hall–Kier alpha value is -2.84. The van der Waals surface area contributed by atoms with Crippen molar-refractivity contribution < 1.29 is 9.90 Å². The lowest BCUT2D eigenvalue weighted by Crippen LogP contribution is -1.89. The van der Waals surface area contributed by atoms with Crippen molar-refractivity contribution in [1.29, 1.82) is 0 Å². The molecule has 0 saturated heterocycles. The summed E-state index contributed by atoms with van der Waals surface area (Å²) in [4.78, 5) is 25.6. The number of carbonyl (C=O) groups excluding carboxylic acids is 1. The number of benzene rings is 1. The van der Waals surface area contributed by atoms with E-state index in [9.17, 15) is 9.90 Å². The highest BCUT2D eigenvalue weighted by Gasteiger charge is 2.16. The van der Waals surface area contributed by atoms with Crippen LogP contribution in [0.2, 0.25) is 0 Å². The van der Waals surface area contributed by atoms with Gasteiger partial charge in [0.05, 0.1) is 21.1 Å². The van der Waals surface area contributed by atoms with Gasteiger partial charge in [-0.2, -0.15) is 4.98 Å². The number of aromatic nitrogens is 2. The maximum atomic E-state index is 11.6. The third-order valence-corrected chi connectivity index (χ3v) is 5.89. The Balaban J connectivity index is 1.61. The van der Waals surface area contributed by atoms with Crippen molar-refractivity contribution in [2.24, 2.45) is 4.99 Å². The van der Waals surface area contributed by atoms with Crippen LogP contribution in [0.3, 0.4) is 0 Å². The highest BCUT2D eigenvalue weighted by molar-refractivity contribution is 7.19. The van der Waals surface area contributed by atoms with Crippen LogP contribution in [0.15, 0.2) is 29.3 Å². The first kappa shape index (κ1) is 16.6. The van der Waals surface area contributed by atoms with Gasteiger partial charge in [0.15, 0.2) is 16.0 Å². The van der Waals surface area contributed by atoms with E-state index in [0.717, 1.165) is 16.8 Å². The van der Waals surface area contributed by atoms with Gasteiger partial charge in [-0.3, -0.25) is 9.79 Å². The largest absolute Gasteiger partial charge is 0.492 e. The standard InChI is InChI=1S/C18H14N4O2S2/c1-9-15(10(2)23)26-17(20-9)22-18-21-16(24)14(25-18)7-11-8-19-13-6-4-3-5-12(11)13/h3-8,24H,1-2H3,(H,20,21,22)/b11-7+. The van der Waals surface area contributed by atoms with E-state index in [0.29, 0.717) is 25.7 Å². The molecule has 130 valence electrons. The minimum atomic E-state index is -0.0529. The summed E-state index contributed by atoms with van der Waals surface area (Å²) in [5.41, 5.74) is 3.55. The Kier molecular flexibility index (Phi) is 4.14. The number of hydrogen-bond acceptors (Lipinski definition) is 8. The van der Waals surface area contributed by atoms with Gasteiger partial charge in [-0.05, 0) is 19.1 Å². The van der Waals surface area contributed by atoms with E-state index in [1.165, 1.54) is 29.6 Å². The van der Waals surface area contributed by atoms with Crippen LogP contribution in [-0.2, 0) is 0 Å². The van der Waals surface area contributed by atoms with Gasteiger partial charge in [-0.15, -0.1) is 0 Å². The predicted molar refractivity (Wildman–Crippen MR) is 106 cm³/mol. The molecule has 0 atom stereocenters. The third kappa shape index (κ3) is 3.04. The molecule has 0 unspecified atom stereocenters. The van der Waals surface area contributed by atoms with E-state index < -0.39 is 0 Å². The average molecular weight is 382 g/mol. The third-order valence-electron chi connectivity index (χ3n) is 3.81. The van der Waals surface area contributed by atoms with Gasteiger partial charge >= 0.3 is 0 Å². The number of para-hydroxylation sites is 1. The Bertz CT molecular complexity index is 1080. The molecule has 6 nitrogen and oxygen atoms in total. The van der Waals surface area contributed by atoms with Gasteiger partial charge in [0.1, 0.15) is 0 Å². The van der Waals surface area contributed by atoms with Crippen LogP contribution in [-0.4, -0.2) is 27.1 Å². The topological polar surface area (TPSA) is 87.5 Å². The van der Waals surface area contributed by atoms with Gasteiger partial charge in [-0.1, -0.05) is 40.9 Å². The summed E-state index contributed by atoms with van der Waals surface area (Å²) in [6, 6.07) is 7.84. The molecule has 4 rings (SSSR count). The Morgan fingerprint density at radius 2 is 1.96 bits per heavy atom. The predicted octanol–water partition coefficient (Wildman–Crippen LogP) is 4.82. The Morgan fingerprint density at radius 1 is 1.19 bits per heavy atom. The molecule has 8 heteroatoms. The van der Waals surface area contributed by atoms with Crippen molar-refractivity contribution in [2.75, 3.05) is 5.32 Å². The van der Waals surface area contributed by atoms with E-state index in [1.54, 1.807) is 13.1 Å². The van der Waals surface area contributed by atoms with Crippen molar-refractivity contribution in [3.8, 4) is 5.88 Å². The molecule has 1 aliphatic rings. The number of aliphatic imine (C=N–C) groups is 1. The summed E-state index contributed by atoms with van der Waals surface area (Å²) < 4.78 is 0. The van der Waals surface area contributed by atoms with Crippen LogP contribution >= 0.6 is 22.7 Å². The van der Waals surface area contributed by atoms with E-state index in [2.05, 4.69) is 20.3 Å². The highest BCUT2D eigenvalue weighted by Crippen LogP contribution is 2.37. The number of rotatable bonds is 4. The molecule has 0 bridgehead atoms. The molecule has 0 saturated carbocycles. The van der Waals surface area contributed by atoms with Crippen molar-refractivity contribution in [3.63, 3.8) is 0 Å². The van der Waals surface area contributed by atoms with Crippen molar-refractivity contribution in [2.45, 2.75) is 13.8 Å². The van der Waals surface area contributed by atoms with Gasteiger partial charge in [0.25, 0.3) is 0 Å². The van der Waals surface area contributed by atoms with E-state index >= 15 is 0 Å². The lowest BCUT2D eigenvalue weighted by molar-refractivity contribution is 0.102. The Labute approximate surface area is 157 Å². The zero-order chi connectivity index (χ0) is 18.3. The molecule has 0 amide bonds. The van der Waals surface area contributed by atoms with Crippen LogP contribution in [0.1, 0.15) is 32.7 Å². The number of hydrogen-bond donors (Lipinski definition) is 2. The quantitative estimate of drug-likeness (QED) is 0.632. The van der Waals surface area contributed by atoms with Crippen LogP contribution in [0.5, 0.6) is 5.88 Å². The molecule has 1 aliphatic heterocycles. The minimum Gasteiger partial charge on any atom is -0.492 e. The van der Waals surface area contributed by atoms with Gasteiger partial charge in [-0.25, -0.2) is 4.98 Å². The first-order valence-electron chi connectivity index (χ1n) is 7.81. The van der Waals surface area contributed by atoms with Crippen molar-refractivity contribution in [1.82, 2.24) is 9.97 Å². The monoisotopic (exact) mass is 382 g/mol. The number of thiazole rings is 2. The molecular formula is C18H14N4O2S2. The molecule has 0 aliphatic carbocycles. The molecule has 1 aromatic carbocycles. The Morgan fingerprint density at radius 3 is 2.73 bits per heavy atom. The summed E-state index contributed by atoms with van der Waals surface area (Å²) in [7, 11) is 0. The lowest BCUT2D eigenvalue weighted by atomic mass is 10.1. The molecule has 0 radical (unpaired) electrons. The maximum Gasteiger partial charge on any atom is 0.231 e. The number of Topliss-reactive ketones (excluding diaryl/α,β-unsaturated/α-hetero) is 1. The van der Waals surface area contributed by atoms with Crippen LogP contribution in [0.25, 0.3) is 11.6 Å². The number of carbonyl (C=O) groups is 1. The van der Waals surface area contributed by atoms with E-state index in [-0.39, 0.29) is 11.7 Å². The van der Waals surface area contributed by atoms with Crippen molar-refractivity contribution >= 4 is 62.3 Å². The summed E-state index contributed by atoms with van der Waals surface area (Å²) in [6.07, 6.45) is 3.64. The summed E-state index contributed by atoms with van der Waals surface area (Å²) in [5.74, 6) is -0.0671. The molecule has 2 N–H and O–H groups in total. The second-order valence-corrected chi connectivity index (χ2v) is 7.73. The van der Waals surface area contributed by atoms with Gasteiger partial charge in [0.2, 0.25) is 5.88 Å². The molecule has 26 heavy (non-hydrogen) atoms. The van der Waals surface area contributed by atoms with Crippen LogP contribution < -0.4 is 5.32 Å². The second kappa shape index (κ2) is 6.47. The number of anilines is 2. The minimum absolute atomic E-state index is 0.0142. The first-order chi connectivity index (χ1) is 12.5. The number of aryl methyl sites for hydroxylation is 1. The fourth-order valence-corrected chi connectivity index (χ4v) is 4.37. The summed E-state index contributed by atoms with van der Waals surface area (Å²) in [6.45, 7) is 3.31. The molecule has 0 fully saturated rings.